The van der Waals surface area contributed by atoms with E-state index >= 15 is 0 Å². The summed E-state index contributed by atoms with van der Waals surface area (Å²) < 4.78 is 23.6. The summed E-state index contributed by atoms with van der Waals surface area (Å²) in [7, 11) is -2.84. The Kier molecular flexibility index (Phi) is 4.88. The summed E-state index contributed by atoms with van der Waals surface area (Å²) in [6.07, 6.45) is 6.15. The van der Waals surface area contributed by atoms with Gasteiger partial charge in [-0.15, -0.1) is 0 Å². The van der Waals surface area contributed by atoms with Gasteiger partial charge in [-0.25, -0.2) is 8.42 Å². The van der Waals surface area contributed by atoms with Crippen LogP contribution in [0.25, 0.3) is 0 Å². The zero-order valence-electron chi connectivity index (χ0n) is 13.5. The highest BCUT2D eigenvalue weighted by molar-refractivity contribution is 7.91. The molecular formula is C18H27NO2S. The predicted molar refractivity (Wildman–Crippen MR) is 90.8 cm³/mol. The largest absolute Gasteiger partial charge is 0.295 e. The van der Waals surface area contributed by atoms with Crippen LogP contribution in [0.1, 0.15) is 56.1 Å². The SMILES string of the molecule is CC1CCS(=O)(=O)CCN1Cc1ccc(C2CCCC2)cc1. The van der Waals surface area contributed by atoms with E-state index < -0.39 is 9.84 Å². The molecule has 2 fully saturated rings. The molecule has 0 N–H and O–H groups in total. The molecule has 0 aromatic heterocycles. The Morgan fingerprint density at radius 3 is 2.41 bits per heavy atom. The highest BCUT2D eigenvalue weighted by Crippen LogP contribution is 2.34. The molecule has 1 aliphatic carbocycles. The van der Waals surface area contributed by atoms with Crippen molar-refractivity contribution in [1.29, 1.82) is 0 Å². The maximum absolute atomic E-state index is 11.8. The molecule has 0 radical (unpaired) electrons. The molecular weight excluding hydrogens is 294 g/mol. The van der Waals surface area contributed by atoms with Crippen LogP contribution in [0.4, 0.5) is 0 Å². The highest BCUT2D eigenvalue weighted by Gasteiger charge is 2.24. The topological polar surface area (TPSA) is 37.4 Å². The number of benzene rings is 1. The van der Waals surface area contributed by atoms with Gasteiger partial charge in [0.2, 0.25) is 0 Å². The zero-order chi connectivity index (χ0) is 15.6. The maximum Gasteiger partial charge on any atom is 0.151 e. The van der Waals surface area contributed by atoms with E-state index in [1.54, 1.807) is 0 Å². The fourth-order valence-electron chi connectivity index (χ4n) is 3.74. The van der Waals surface area contributed by atoms with Crippen LogP contribution in [-0.2, 0) is 16.4 Å². The molecule has 1 saturated heterocycles. The fraction of sp³-hybridized carbons (Fsp3) is 0.667. The first-order valence-electron chi connectivity index (χ1n) is 8.57. The second kappa shape index (κ2) is 6.71. The molecule has 122 valence electrons. The first-order valence-corrected chi connectivity index (χ1v) is 10.4. The Labute approximate surface area is 134 Å². The van der Waals surface area contributed by atoms with Gasteiger partial charge in [-0.1, -0.05) is 37.1 Å². The van der Waals surface area contributed by atoms with E-state index in [9.17, 15) is 8.42 Å². The first kappa shape index (κ1) is 16.0. The third-order valence-electron chi connectivity index (χ3n) is 5.35. The van der Waals surface area contributed by atoms with Gasteiger partial charge >= 0.3 is 0 Å². The van der Waals surface area contributed by atoms with E-state index in [4.69, 9.17) is 0 Å². The molecule has 4 heteroatoms. The van der Waals surface area contributed by atoms with Gasteiger partial charge in [-0.2, -0.15) is 0 Å². The van der Waals surface area contributed by atoms with Crippen LogP contribution >= 0.6 is 0 Å². The number of hydrogen-bond acceptors (Lipinski definition) is 3. The van der Waals surface area contributed by atoms with E-state index in [2.05, 4.69) is 36.1 Å². The minimum atomic E-state index is -2.84. The maximum atomic E-state index is 11.8. The molecule has 0 spiro atoms. The van der Waals surface area contributed by atoms with Crippen LogP contribution in [0.15, 0.2) is 24.3 Å². The monoisotopic (exact) mass is 321 g/mol. The van der Waals surface area contributed by atoms with Gasteiger partial charge in [0.05, 0.1) is 11.5 Å². The van der Waals surface area contributed by atoms with Crippen molar-refractivity contribution in [2.45, 2.75) is 57.5 Å². The molecule has 1 saturated carbocycles. The zero-order valence-corrected chi connectivity index (χ0v) is 14.3. The van der Waals surface area contributed by atoms with E-state index in [1.165, 1.54) is 36.8 Å². The van der Waals surface area contributed by atoms with Gasteiger partial charge in [0, 0.05) is 19.1 Å². The molecule has 22 heavy (non-hydrogen) atoms. The van der Waals surface area contributed by atoms with Crippen molar-refractivity contribution in [1.82, 2.24) is 4.90 Å². The molecule has 1 aromatic carbocycles. The Morgan fingerprint density at radius 2 is 1.73 bits per heavy atom. The lowest BCUT2D eigenvalue weighted by atomic mass is 9.96. The minimum absolute atomic E-state index is 0.303. The Balaban J connectivity index is 1.64. The standard InChI is InChI=1S/C18H27NO2S/c1-15-10-12-22(20,21)13-11-19(15)14-16-6-8-18(9-7-16)17-4-2-3-5-17/h6-9,15,17H,2-5,10-14H2,1H3. The second-order valence-electron chi connectivity index (χ2n) is 6.98. The summed E-state index contributed by atoms with van der Waals surface area (Å²) in [6.45, 7) is 3.67. The third-order valence-corrected chi connectivity index (χ3v) is 7.01. The fourth-order valence-corrected chi connectivity index (χ4v) is 5.15. The Hall–Kier alpha value is -0.870. The first-order chi connectivity index (χ1) is 10.5. The number of sulfone groups is 1. The normalized spacial score (nSPS) is 26.9. The smallest absolute Gasteiger partial charge is 0.151 e. The molecule has 1 aliphatic heterocycles. The summed E-state index contributed by atoms with van der Waals surface area (Å²) in [5, 5.41) is 0. The minimum Gasteiger partial charge on any atom is -0.295 e. The number of rotatable bonds is 3. The third kappa shape index (κ3) is 3.90. The Morgan fingerprint density at radius 1 is 1.05 bits per heavy atom. The van der Waals surface area contributed by atoms with Crippen LogP contribution < -0.4 is 0 Å². The van der Waals surface area contributed by atoms with Gasteiger partial charge in [-0.05, 0) is 43.2 Å². The lowest BCUT2D eigenvalue weighted by Crippen LogP contribution is -2.33. The van der Waals surface area contributed by atoms with Crippen molar-refractivity contribution >= 4 is 9.84 Å². The summed E-state index contributed by atoms with van der Waals surface area (Å²) >= 11 is 0. The van der Waals surface area contributed by atoms with Crippen LogP contribution in [-0.4, -0.2) is 37.4 Å². The van der Waals surface area contributed by atoms with E-state index in [0.717, 1.165) is 18.9 Å². The molecule has 1 aromatic rings. The lowest BCUT2D eigenvalue weighted by molar-refractivity contribution is 0.212. The van der Waals surface area contributed by atoms with Gasteiger partial charge < -0.3 is 0 Å². The second-order valence-corrected chi connectivity index (χ2v) is 9.29. The van der Waals surface area contributed by atoms with Crippen molar-refractivity contribution in [3.8, 4) is 0 Å². The van der Waals surface area contributed by atoms with Crippen molar-refractivity contribution in [3.63, 3.8) is 0 Å². The molecule has 1 heterocycles. The lowest BCUT2D eigenvalue weighted by Gasteiger charge is -2.26. The highest BCUT2D eigenvalue weighted by atomic mass is 32.2. The average Bonchev–Trinajstić information content (AvgIpc) is 3.00. The van der Waals surface area contributed by atoms with Crippen LogP contribution in [0.5, 0.6) is 0 Å². The molecule has 0 bridgehead atoms. The molecule has 3 nitrogen and oxygen atoms in total. The molecule has 1 unspecified atom stereocenters. The van der Waals surface area contributed by atoms with Gasteiger partial charge in [0.1, 0.15) is 0 Å². The number of nitrogens with zero attached hydrogens (tertiary/aromatic N) is 1. The van der Waals surface area contributed by atoms with Crippen molar-refractivity contribution < 1.29 is 8.42 Å². The summed E-state index contributed by atoms with van der Waals surface area (Å²) in [5.74, 6) is 1.40. The summed E-state index contributed by atoms with van der Waals surface area (Å²) in [6, 6.07) is 9.38. The van der Waals surface area contributed by atoms with Crippen molar-refractivity contribution in [3.05, 3.63) is 35.4 Å². The van der Waals surface area contributed by atoms with Crippen LogP contribution in [0, 0.1) is 0 Å². The Bertz CT molecular complexity index is 588. The van der Waals surface area contributed by atoms with Gasteiger partial charge in [0.25, 0.3) is 0 Å². The summed E-state index contributed by atoms with van der Waals surface area (Å²) in [4.78, 5) is 2.31. The van der Waals surface area contributed by atoms with Crippen LogP contribution in [0.3, 0.4) is 0 Å². The van der Waals surface area contributed by atoms with E-state index in [1.807, 2.05) is 0 Å². The molecule has 1 atom stereocenters. The van der Waals surface area contributed by atoms with E-state index in [0.29, 0.717) is 24.1 Å². The van der Waals surface area contributed by atoms with Crippen molar-refractivity contribution in [2.75, 3.05) is 18.1 Å². The number of hydrogen-bond donors (Lipinski definition) is 0. The quantitative estimate of drug-likeness (QED) is 0.857. The van der Waals surface area contributed by atoms with E-state index in [-0.39, 0.29) is 0 Å². The van der Waals surface area contributed by atoms with Crippen molar-refractivity contribution in [2.24, 2.45) is 0 Å². The van der Waals surface area contributed by atoms with Gasteiger partial charge in [0.15, 0.2) is 9.84 Å². The molecule has 2 aliphatic rings. The molecule has 3 rings (SSSR count). The summed E-state index contributed by atoms with van der Waals surface area (Å²) in [5.41, 5.74) is 2.78. The van der Waals surface area contributed by atoms with Crippen LogP contribution in [0.2, 0.25) is 0 Å². The predicted octanol–water partition coefficient (Wildman–Crippen LogP) is 3.35. The molecule has 0 amide bonds. The van der Waals surface area contributed by atoms with Gasteiger partial charge in [-0.3, -0.25) is 4.90 Å². The average molecular weight is 321 g/mol.